The van der Waals surface area contributed by atoms with E-state index in [9.17, 15) is 25.2 Å². The second-order valence-electron chi connectivity index (χ2n) is 15.8. The van der Waals surface area contributed by atoms with Crippen molar-refractivity contribution in [1.29, 1.82) is 0 Å². The van der Waals surface area contributed by atoms with Gasteiger partial charge in [0.25, 0.3) is 5.91 Å². The van der Waals surface area contributed by atoms with Crippen molar-refractivity contribution in [3.8, 4) is 17.2 Å². The number of amides is 1. The molecule has 3 saturated heterocycles. The van der Waals surface area contributed by atoms with E-state index in [-0.39, 0.29) is 49.5 Å². The number of aliphatic hydroxyl groups is 3. The van der Waals surface area contributed by atoms with Gasteiger partial charge in [-0.3, -0.25) is 4.79 Å². The Morgan fingerprint density at radius 3 is 2.58 bits per heavy atom. The zero-order chi connectivity index (χ0) is 37.0. The van der Waals surface area contributed by atoms with E-state index in [2.05, 4.69) is 22.8 Å². The highest BCUT2D eigenvalue weighted by molar-refractivity contribution is 5.96. The van der Waals surface area contributed by atoms with Gasteiger partial charge in [-0.2, -0.15) is 0 Å². The normalized spacial score (nSPS) is 24.9. The topological polar surface area (TPSA) is 150 Å². The maximum absolute atomic E-state index is 12.1. The van der Waals surface area contributed by atoms with Gasteiger partial charge in [0, 0.05) is 55.0 Å². The third-order valence-electron chi connectivity index (χ3n) is 12.4. The zero-order valence-corrected chi connectivity index (χ0v) is 30.8. The minimum absolute atomic E-state index is 0.0785. The Labute approximate surface area is 312 Å². The molecule has 1 saturated carbocycles. The Hall–Kier alpha value is -3.71. The van der Waals surface area contributed by atoms with Crippen LogP contribution in [0.2, 0.25) is 0 Å². The lowest BCUT2D eigenvalue weighted by molar-refractivity contribution is -0.946. The first-order chi connectivity index (χ1) is 25.7. The zero-order valence-electron chi connectivity index (χ0n) is 30.8. The SMILES string of the molecule is C[C@H](NC[C@H](O)c1cc(O)cc2c1OCC(=O)N2)c1ccc(OCCC[N+]23CCC(CC2)[C@@H](OC[C@@](O)(c2ccccc2)C2CCCC2)C3)c(CO)c1. The molecule has 8 rings (SSSR count). The number of ether oxygens (including phenoxy) is 3. The molecular weight excluding hydrogens is 674 g/mol. The number of nitrogens with zero attached hydrogens (tertiary/aromatic N) is 1. The summed E-state index contributed by atoms with van der Waals surface area (Å²) < 4.78 is 19.6. The van der Waals surface area contributed by atoms with Crippen LogP contribution in [0.15, 0.2) is 60.7 Å². The number of anilines is 1. The number of piperidine rings is 3. The number of nitrogens with one attached hydrogen (secondary N) is 2. The van der Waals surface area contributed by atoms with Gasteiger partial charge < -0.3 is 49.8 Å². The van der Waals surface area contributed by atoms with Crippen molar-refractivity contribution in [3.63, 3.8) is 0 Å². The highest BCUT2D eigenvalue weighted by Crippen LogP contribution is 2.43. The molecular formula is C42H56N3O8+. The fraction of sp³-hybridized carbons (Fsp3) is 0.548. The standard InChI is InChI=1S/C42H55N3O8/c1-28(43-23-37(48)35-21-34(47)22-36-41(35)52-26-40(49)44-36)30-12-13-38(31(20-30)25-46)51-19-7-16-45-17-14-29(15-18-45)39(24-45)53-27-42(50,33-10-5-6-11-33)32-8-3-2-4-9-32/h2-4,8-9,12-13,20-22,28-29,33,37,39,43,46,48,50H,5-7,10-11,14-19,23-27H2,1H3,(H-,44,47,49)/p+1/t28-,29?,37-,39-,42+,45?/m0/s1. The van der Waals surface area contributed by atoms with Gasteiger partial charge >= 0.3 is 0 Å². The Kier molecular flexibility index (Phi) is 11.6. The highest BCUT2D eigenvalue weighted by Gasteiger charge is 2.48. The van der Waals surface area contributed by atoms with Crippen LogP contribution >= 0.6 is 0 Å². The third kappa shape index (κ3) is 8.35. The Balaban J connectivity index is 0.903. The van der Waals surface area contributed by atoms with E-state index in [0.29, 0.717) is 47.4 Å². The van der Waals surface area contributed by atoms with Crippen molar-refractivity contribution >= 4 is 11.6 Å². The van der Waals surface area contributed by atoms with Crippen molar-refractivity contribution in [2.75, 3.05) is 57.9 Å². The molecule has 53 heavy (non-hydrogen) atoms. The first-order valence-electron chi connectivity index (χ1n) is 19.5. The predicted octanol–water partition coefficient (Wildman–Crippen LogP) is 5.07. The molecule has 4 atom stereocenters. The molecule has 6 N–H and O–H groups in total. The molecule has 0 radical (unpaired) electrons. The lowest BCUT2D eigenvalue weighted by Crippen LogP contribution is -2.65. The van der Waals surface area contributed by atoms with Gasteiger partial charge in [0.05, 0.1) is 51.2 Å². The minimum Gasteiger partial charge on any atom is -0.508 e. The second-order valence-corrected chi connectivity index (χ2v) is 15.8. The number of rotatable bonds is 16. The molecule has 5 aliphatic rings. The maximum Gasteiger partial charge on any atom is 0.262 e. The molecule has 11 nitrogen and oxygen atoms in total. The second kappa shape index (κ2) is 16.3. The van der Waals surface area contributed by atoms with Crippen LogP contribution < -0.4 is 20.1 Å². The molecule has 3 aromatic carbocycles. The Morgan fingerprint density at radius 1 is 1.06 bits per heavy atom. The summed E-state index contributed by atoms with van der Waals surface area (Å²) >= 11 is 0. The van der Waals surface area contributed by atoms with Crippen LogP contribution in [-0.4, -0.2) is 89.5 Å². The average Bonchev–Trinajstić information content (AvgIpc) is 3.74. The minimum atomic E-state index is -0.999. The first-order valence-corrected chi connectivity index (χ1v) is 19.5. The van der Waals surface area contributed by atoms with E-state index in [1.807, 2.05) is 43.3 Å². The highest BCUT2D eigenvalue weighted by atomic mass is 16.5. The number of fused-ring (bicyclic) bond motifs is 4. The van der Waals surface area contributed by atoms with Gasteiger partial charge in [0.2, 0.25) is 0 Å². The van der Waals surface area contributed by atoms with Gasteiger partial charge in [0.1, 0.15) is 35.5 Å². The van der Waals surface area contributed by atoms with Gasteiger partial charge in [-0.25, -0.2) is 0 Å². The summed E-state index contributed by atoms with van der Waals surface area (Å²) in [5.41, 5.74) is 2.39. The fourth-order valence-corrected chi connectivity index (χ4v) is 9.22. The van der Waals surface area contributed by atoms with Crippen LogP contribution in [0, 0.1) is 11.8 Å². The van der Waals surface area contributed by atoms with Crippen molar-refractivity contribution in [3.05, 3.63) is 82.9 Å². The number of benzene rings is 3. The number of carbonyl (C=O) groups excluding carboxylic acids is 1. The largest absolute Gasteiger partial charge is 0.508 e. The van der Waals surface area contributed by atoms with E-state index < -0.39 is 11.7 Å². The quantitative estimate of drug-likeness (QED) is 0.0878. The van der Waals surface area contributed by atoms with E-state index in [1.165, 1.54) is 25.0 Å². The molecule has 4 heterocycles. The van der Waals surface area contributed by atoms with Crippen molar-refractivity contribution in [2.24, 2.45) is 11.8 Å². The molecule has 0 unspecified atom stereocenters. The number of carbonyl (C=O) groups is 1. The molecule has 3 aromatic rings. The fourth-order valence-electron chi connectivity index (χ4n) is 9.22. The van der Waals surface area contributed by atoms with E-state index in [4.69, 9.17) is 14.2 Å². The van der Waals surface area contributed by atoms with Crippen LogP contribution in [-0.2, 0) is 21.7 Å². The summed E-state index contributed by atoms with van der Waals surface area (Å²) in [6, 6.07) is 18.6. The molecule has 4 aliphatic heterocycles. The van der Waals surface area contributed by atoms with Crippen molar-refractivity contribution in [1.82, 2.24) is 5.32 Å². The lowest BCUT2D eigenvalue weighted by Gasteiger charge is -2.53. The number of phenols is 1. The number of hydrogen-bond acceptors (Lipinski definition) is 9. The summed E-state index contributed by atoms with van der Waals surface area (Å²) in [7, 11) is 0. The average molecular weight is 731 g/mol. The van der Waals surface area contributed by atoms with Gasteiger partial charge in [-0.05, 0) is 55.0 Å². The van der Waals surface area contributed by atoms with Crippen LogP contribution in [0.3, 0.4) is 0 Å². The van der Waals surface area contributed by atoms with Crippen molar-refractivity contribution < 1.29 is 43.9 Å². The van der Waals surface area contributed by atoms with Crippen LogP contribution in [0.1, 0.15) is 86.3 Å². The van der Waals surface area contributed by atoms with Gasteiger partial charge in [0.15, 0.2) is 6.61 Å². The molecule has 1 aliphatic carbocycles. The summed E-state index contributed by atoms with van der Waals surface area (Å²) in [5, 5.41) is 49.4. The number of aliphatic hydroxyl groups excluding tert-OH is 2. The van der Waals surface area contributed by atoms with E-state index in [0.717, 1.165) is 73.9 Å². The lowest BCUT2D eigenvalue weighted by atomic mass is 9.80. The first kappa shape index (κ1) is 37.6. The van der Waals surface area contributed by atoms with Crippen LogP contribution in [0.25, 0.3) is 0 Å². The molecule has 4 fully saturated rings. The third-order valence-corrected chi connectivity index (χ3v) is 12.4. The molecule has 11 heteroatoms. The van der Waals surface area contributed by atoms with Crippen molar-refractivity contribution in [2.45, 2.75) is 82.3 Å². The molecule has 0 spiro atoms. The molecule has 0 aromatic heterocycles. The Morgan fingerprint density at radius 2 is 1.83 bits per heavy atom. The summed E-state index contributed by atoms with van der Waals surface area (Å²) in [6.45, 7) is 7.04. The Bertz CT molecular complexity index is 1710. The van der Waals surface area contributed by atoms with E-state index >= 15 is 0 Å². The smallest absolute Gasteiger partial charge is 0.262 e. The van der Waals surface area contributed by atoms with Crippen LogP contribution in [0.5, 0.6) is 17.2 Å². The number of hydrogen-bond donors (Lipinski definition) is 6. The van der Waals surface area contributed by atoms with Crippen LogP contribution in [0.4, 0.5) is 5.69 Å². The number of aromatic hydroxyl groups is 1. The summed E-state index contributed by atoms with van der Waals surface area (Å²) in [4.78, 5) is 11.7. The maximum atomic E-state index is 12.1. The van der Waals surface area contributed by atoms with E-state index in [1.54, 1.807) is 0 Å². The van der Waals surface area contributed by atoms with Gasteiger partial charge in [-0.15, -0.1) is 0 Å². The predicted molar refractivity (Wildman–Crippen MR) is 201 cm³/mol. The van der Waals surface area contributed by atoms with Gasteiger partial charge in [-0.1, -0.05) is 49.2 Å². The summed E-state index contributed by atoms with van der Waals surface area (Å²) in [6.07, 6.45) is 6.79. The number of quaternary nitrogens is 1. The monoisotopic (exact) mass is 730 g/mol. The molecule has 286 valence electrons. The summed E-state index contributed by atoms with van der Waals surface area (Å²) in [5.74, 6) is 1.41. The molecule has 2 bridgehead atoms. The number of phenolic OH excluding ortho intramolecular Hbond substituents is 1. The molecule has 1 amide bonds.